The van der Waals surface area contributed by atoms with Crippen LogP contribution in [0.1, 0.15) is 11.3 Å². The summed E-state index contributed by atoms with van der Waals surface area (Å²) < 4.78 is 41.5. The molecule has 0 aliphatic rings. The van der Waals surface area contributed by atoms with Crippen molar-refractivity contribution in [2.75, 3.05) is 0 Å². The number of alkyl halides is 3. The highest BCUT2D eigenvalue weighted by Crippen LogP contribution is 2.32. The lowest BCUT2D eigenvalue weighted by Crippen LogP contribution is -2.27. The minimum atomic E-state index is -4.81. The third-order valence-corrected chi connectivity index (χ3v) is 4.60. The van der Waals surface area contributed by atoms with Crippen LogP contribution in [-0.4, -0.2) is 24.6 Å². The number of pyridine rings is 2. The van der Waals surface area contributed by atoms with E-state index in [2.05, 4.69) is 15.0 Å². The van der Waals surface area contributed by atoms with E-state index < -0.39 is 22.8 Å². The molecule has 0 radical (unpaired) electrons. The van der Waals surface area contributed by atoms with Crippen molar-refractivity contribution in [1.82, 2.24) is 19.5 Å². The molecule has 1 aromatic carbocycles. The Morgan fingerprint density at radius 2 is 1.73 bits per heavy atom. The molecule has 0 spiro atoms. The van der Waals surface area contributed by atoms with Crippen molar-refractivity contribution < 1.29 is 18.3 Å². The molecule has 0 aliphatic carbocycles. The normalized spacial score (nSPS) is 11.7. The zero-order valence-corrected chi connectivity index (χ0v) is 15.5. The topological polar surface area (TPSA) is 80.9 Å². The smallest absolute Gasteiger partial charge is 0.434 e. The Balaban J connectivity index is 1.97. The van der Waals surface area contributed by atoms with Gasteiger partial charge in [-0.1, -0.05) is 30.3 Å². The van der Waals surface area contributed by atoms with Gasteiger partial charge in [-0.25, -0.2) is 9.97 Å². The predicted octanol–water partition coefficient (Wildman–Crippen LogP) is 3.82. The number of rotatable bonds is 4. The second-order valence-electron chi connectivity index (χ2n) is 6.55. The molecule has 3 aromatic heterocycles. The third kappa shape index (κ3) is 3.61. The molecule has 3 heterocycles. The molecule has 0 fully saturated rings. The Hall–Kier alpha value is -3.75. The van der Waals surface area contributed by atoms with Gasteiger partial charge in [0, 0.05) is 18.9 Å². The van der Waals surface area contributed by atoms with Crippen LogP contribution in [-0.2, 0) is 19.1 Å². The minimum Gasteiger partial charge on any atom is -0.506 e. The van der Waals surface area contributed by atoms with Crippen molar-refractivity contribution in [3.8, 4) is 17.3 Å². The summed E-state index contributed by atoms with van der Waals surface area (Å²) in [6.07, 6.45) is -2.09. The summed E-state index contributed by atoms with van der Waals surface area (Å²) in [5, 5.41) is 9.60. The van der Waals surface area contributed by atoms with Crippen LogP contribution in [0, 0.1) is 0 Å². The third-order valence-electron chi connectivity index (χ3n) is 4.60. The van der Waals surface area contributed by atoms with Crippen LogP contribution in [0.25, 0.3) is 22.4 Å². The maximum atomic E-state index is 13.5. The largest absolute Gasteiger partial charge is 0.506 e. The van der Waals surface area contributed by atoms with Gasteiger partial charge in [0.15, 0.2) is 11.5 Å². The maximum absolute atomic E-state index is 13.5. The minimum absolute atomic E-state index is 0.00920. The molecule has 1 N–H and O–H groups in total. The Kier molecular flexibility index (Phi) is 4.94. The van der Waals surface area contributed by atoms with Gasteiger partial charge in [0.1, 0.15) is 11.4 Å². The monoisotopic (exact) mass is 412 g/mol. The van der Waals surface area contributed by atoms with Gasteiger partial charge >= 0.3 is 6.18 Å². The van der Waals surface area contributed by atoms with E-state index in [1.807, 2.05) is 30.3 Å². The molecule has 0 unspecified atom stereocenters. The van der Waals surface area contributed by atoms with Gasteiger partial charge in [0.25, 0.3) is 5.56 Å². The Morgan fingerprint density at radius 1 is 0.967 bits per heavy atom. The summed E-state index contributed by atoms with van der Waals surface area (Å²) in [6.45, 7) is 0.0450. The van der Waals surface area contributed by atoms with Crippen LogP contribution in [0.2, 0.25) is 0 Å². The number of halogens is 3. The van der Waals surface area contributed by atoms with Gasteiger partial charge in [-0.3, -0.25) is 14.3 Å². The average Bonchev–Trinajstić information content (AvgIpc) is 2.73. The fourth-order valence-corrected chi connectivity index (χ4v) is 3.22. The number of aromatic nitrogens is 4. The van der Waals surface area contributed by atoms with E-state index in [-0.39, 0.29) is 29.3 Å². The van der Waals surface area contributed by atoms with Crippen molar-refractivity contribution in [3.63, 3.8) is 0 Å². The number of benzene rings is 1. The maximum Gasteiger partial charge on any atom is 0.434 e. The van der Waals surface area contributed by atoms with Gasteiger partial charge < -0.3 is 5.11 Å². The number of hydrogen-bond donors (Lipinski definition) is 1. The average molecular weight is 412 g/mol. The molecule has 6 nitrogen and oxygen atoms in total. The molecule has 0 bridgehead atoms. The highest BCUT2D eigenvalue weighted by atomic mass is 19.4. The van der Waals surface area contributed by atoms with E-state index in [0.29, 0.717) is 6.42 Å². The summed E-state index contributed by atoms with van der Waals surface area (Å²) in [5.74, 6) is -0.247. The molecule has 0 saturated heterocycles. The van der Waals surface area contributed by atoms with Crippen molar-refractivity contribution in [2.24, 2.45) is 0 Å². The van der Waals surface area contributed by atoms with E-state index in [9.17, 15) is 23.1 Å². The summed E-state index contributed by atoms with van der Waals surface area (Å²) in [7, 11) is 0. The lowest BCUT2D eigenvalue weighted by Gasteiger charge is -2.16. The number of aryl methyl sites for hydroxylation is 1. The van der Waals surface area contributed by atoms with Gasteiger partial charge in [-0.2, -0.15) is 13.2 Å². The van der Waals surface area contributed by atoms with Gasteiger partial charge in [0.2, 0.25) is 0 Å². The summed E-state index contributed by atoms with van der Waals surface area (Å²) >= 11 is 0. The second kappa shape index (κ2) is 7.58. The molecule has 4 rings (SSSR count). The molecule has 0 aliphatic heterocycles. The van der Waals surface area contributed by atoms with Gasteiger partial charge in [0.05, 0.1) is 10.9 Å². The molecular formula is C21H15F3N4O2. The van der Waals surface area contributed by atoms with E-state index in [4.69, 9.17) is 0 Å². The van der Waals surface area contributed by atoms with Crippen molar-refractivity contribution in [1.29, 1.82) is 0 Å². The first kappa shape index (κ1) is 19.6. The van der Waals surface area contributed by atoms with Crippen LogP contribution in [0.4, 0.5) is 13.2 Å². The Morgan fingerprint density at radius 3 is 2.43 bits per heavy atom. The predicted molar refractivity (Wildman–Crippen MR) is 104 cm³/mol. The summed E-state index contributed by atoms with van der Waals surface area (Å²) in [6, 6.07) is 13.3. The zero-order valence-electron chi connectivity index (χ0n) is 15.5. The van der Waals surface area contributed by atoms with Crippen LogP contribution in [0.15, 0.2) is 65.7 Å². The number of hydrogen-bond acceptors (Lipinski definition) is 5. The van der Waals surface area contributed by atoms with Gasteiger partial charge in [-0.15, -0.1) is 0 Å². The highest BCUT2D eigenvalue weighted by molar-refractivity contribution is 5.82. The molecule has 9 heteroatoms. The first-order valence-electron chi connectivity index (χ1n) is 9.01. The van der Waals surface area contributed by atoms with Crippen molar-refractivity contribution in [3.05, 3.63) is 82.5 Å². The van der Waals surface area contributed by atoms with E-state index in [1.54, 1.807) is 0 Å². The lowest BCUT2D eigenvalue weighted by atomic mass is 10.1. The van der Waals surface area contributed by atoms with Crippen LogP contribution in [0.3, 0.4) is 0 Å². The SMILES string of the molecule is O=c1c2c(C(F)(F)F)nccc2nc(-c2ncccc2O)n1CCc1ccccc1. The number of fused-ring (bicyclic) bond motifs is 1. The zero-order chi connectivity index (χ0) is 21.3. The van der Waals surface area contributed by atoms with Crippen LogP contribution < -0.4 is 5.56 Å². The molecule has 152 valence electrons. The quantitative estimate of drug-likeness (QED) is 0.551. The number of nitrogens with zero attached hydrogens (tertiary/aromatic N) is 4. The van der Waals surface area contributed by atoms with E-state index >= 15 is 0 Å². The van der Waals surface area contributed by atoms with Crippen molar-refractivity contribution in [2.45, 2.75) is 19.1 Å². The van der Waals surface area contributed by atoms with Gasteiger partial charge in [-0.05, 0) is 30.2 Å². The van der Waals surface area contributed by atoms with E-state index in [1.165, 1.54) is 24.4 Å². The molecule has 4 aromatic rings. The fraction of sp³-hybridized carbons (Fsp3) is 0.143. The number of aromatic hydroxyl groups is 1. The highest BCUT2D eigenvalue weighted by Gasteiger charge is 2.36. The first-order chi connectivity index (χ1) is 14.4. The molecule has 0 atom stereocenters. The second-order valence-corrected chi connectivity index (χ2v) is 6.55. The Bertz CT molecular complexity index is 1270. The molecule has 30 heavy (non-hydrogen) atoms. The summed E-state index contributed by atoms with van der Waals surface area (Å²) in [4.78, 5) is 24.9. The first-order valence-corrected chi connectivity index (χ1v) is 9.01. The molecular weight excluding hydrogens is 397 g/mol. The van der Waals surface area contributed by atoms with Crippen LogP contribution >= 0.6 is 0 Å². The van der Waals surface area contributed by atoms with Crippen LogP contribution in [0.5, 0.6) is 5.75 Å². The molecule has 0 amide bonds. The fourth-order valence-electron chi connectivity index (χ4n) is 3.22. The molecule has 0 saturated carbocycles. The summed E-state index contributed by atoms with van der Waals surface area (Å²) in [5.41, 5.74) is -1.45. The lowest BCUT2D eigenvalue weighted by molar-refractivity contribution is -0.139. The Labute approximate surface area is 168 Å². The standard InChI is InChI=1S/C21H15F3N4O2/c22-21(23,24)18-16-14(8-11-26-18)27-19(17-15(29)7-4-10-25-17)28(20(16)30)12-9-13-5-2-1-3-6-13/h1-8,10-11,29H,9,12H2. The van der Waals surface area contributed by atoms with Crippen molar-refractivity contribution >= 4 is 10.9 Å². The van der Waals surface area contributed by atoms with E-state index in [0.717, 1.165) is 16.3 Å².